The maximum Gasteiger partial charge on any atom is 0.192 e. The van der Waals surface area contributed by atoms with Crippen molar-refractivity contribution in [1.29, 1.82) is 0 Å². The molecule has 108 valence electrons. The third-order valence-electron chi connectivity index (χ3n) is 4.02. The Hall–Kier alpha value is -0.643. The normalized spacial score (nSPS) is 14.4. The van der Waals surface area contributed by atoms with E-state index in [1.54, 1.807) is 0 Å². The van der Waals surface area contributed by atoms with Crippen molar-refractivity contribution in [3.63, 3.8) is 0 Å². The van der Waals surface area contributed by atoms with Crippen molar-refractivity contribution in [3.05, 3.63) is 35.9 Å². The van der Waals surface area contributed by atoms with Crippen molar-refractivity contribution < 1.29 is 9.53 Å². The molecule has 0 heterocycles. The van der Waals surface area contributed by atoms with E-state index in [1.165, 1.54) is 5.56 Å². The second kappa shape index (κ2) is 6.68. The lowest BCUT2D eigenvalue weighted by Crippen LogP contribution is -2.44. The summed E-state index contributed by atoms with van der Waals surface area (Å²) in [4.78, 5) is 0. The number of hydrogen-bond acceptors (Lipinski definition) is 2. The molecule has 0 amide bonds. The highest BCUT2D eigenvalue weighted by Crippen LogP contribution is 2.37. The molecule has 0 saturated carbocycles. The zero-order valence-corrected chi connectivity index (χ0v) is 13.9. The van der Waals surface area contributed by atoms with Gasteiger partial charge < -0.3 is 9.53 Å². The Kier molecular flexibility index (Phi) is 5.77. The molecule has 1 atom stereocenters. The van der Waals surface area contributed by atoms with Crippen LogP contribution in [0.5, 0.6) is 0 Å². The summed E-state index contributed by atoms with van der Waals surface area (Å²) in [6.07, 6.45) is 1.71. The minimum atomic E-state index is -1.77. The fourth-order valence-electron chi connectivity index (χ4n) is 1.82. The molecule has 3 heteroatoms. The standard InChI is InChI=1S/C16H28O2Si/c1-16(2,3)19(4,5)18-15(11-12-17)13-14-9-7-6-8-10-14/h6-10,15,17H,11-13H2,1-5H3. The zero-order valence-electron chi connectivity index (χ0n) is 12.9. The molecule has 0 spiro atoms. The van der Waals surface area contributed by atoms with Crippen molar-refractivity contribution in [2.75, 3.05) is 6.61 Å². The molecule has 2 nitrogen and oxygen atoms in total. The first-order chi connectivity index (χ1) is 8.76. The lowest BCUT2D eigenvalue weighted by molar-refractivity contribution is 0.139. The van der Waals surface area contributed by atoms with Gasteiger partial charge in [-0.2, -0.15) is 0 Å². The second-order valence-electron chi connectivity index (χ2n) is 6.70. The summed E-state index contributed by atoms with van der Waals surface area (Å²) in [7, 11) is -1.77. The van der Waals surface area contributed by atoms with Crippen LogP contribution < -0.4 is 0 Å². The molecular formula is C16H28O2Si. The Labute approximate surface area is 118 Å². The highest BCUT2D eigenvalue weighted by Gasteiger charge is 2.38. The predicted molar refractivity (Wildman–Crippen MR) is 83.9 cm³/mol. The fourth-order valence-corrected chi connectivity index (χ4v) is 3.21. The largest absolute Gasteiger partial charge is 0.414 e. The van der Waals surface area contributed by atoms with E-state index in [0.29, 0.717) is 6.42 Å². The number of aliphatic hydroxyl groups excluding tert-OH is 1. The van der Waals surface area contributed by atoms with E-state index < -0.39 is 8.32 Å². The summed E-state index contributed by atoms with van der Waals surface area (Å²) in [5.74, 6) is 0. The van der Waals surface area contributed by atoms with Gasteiger partial charge in [-0.25, -0.2) is 0 Å². The Morgan fingerprint density at radius 3 is 2.21 bits per heavy atom. The molecule has 0 aliphatic heterocycles. The summed E-state index contributed by atoms with van der Waals surface area (Å²) in [6, 6.07) is 10.4. The second-order valence-corrected chi connectivity index (χ2v) is 11.5. The Morgan fingerprint density at radius 2 is 1.74 bits per heavy atom. The zero-order chi connectivity index (χ0) is 14.5. The van der Waals surface area contributed by atoms with E-state index in [9.17, 15) is 5.11 Å². The van der Waals surface area contributed by atoms with Crippen LogP contribution in [0.15, 0.2) is 30.3 Å². The topological polar surface area (TPSA) is 29.5 Å². The number of aliphatic hydroxyl groups is 1. The molecule has 19 heavy (non-hydrogen) atoms. The average molecular weight is 280 g/mol. The number of benzene rings is 1. The van der Waals surface area contributed by atoms with Crippen molar-refractivity contribution in [3.8, 4) is 0 Å². The van der Waals surface area contributed by atoms with Gasteiger partial charge in [0.1, 0.15) is 0 Å². The SMILES string of the molecule is CC(C)(C)[Si](C)(C)OC(CCO)Cc1ccccc1. The molecule has 0 aliphatic carbocycles. The molecule has 0 saturated heterocycles. The van der Waals surface area contributed by atoms with Gasteiger partial charge in [-0.15, -0.1) is 0 Å². The molecular weight excluding hydrogens is 252 g/mol. The van der Waals surface area contributed by atoms with E-state index in [2.05, 4.69) is 58.1 Å². The third kappa shape index (κ3) is 5.09. The van der Waals surface area contributed by atoms with Crippen LogP contribution in [0.25, 0.3) is 0 Å². The van der Waals surface area contributed by atoms with Gasteiger partial charge in [0.05, 0.1) is 6.10 Å². The summed E-state index contributed by atoms with van der Waals surface area (Å²) >= 11 is 0. The number of hydrogen-bond donors (Lipinski definition) is 1. The van der Waals surface area contributed by atoms with Crippen LogP contribution >= 0.6 is 0 Å². The van der Waals surface area contributed by atoms with Crippen molar-refractivity contribution in [2.45, 2.75) is 57.8 Å². The van der Waals surface area contributed by atoms with E-state index in [1.807, 2.05) is 6.07 Å². The number of rotatable bonds is 6. The van der Waals surface area contributed by atoms with E-state index in [4.69, 9.17) is 4.43 Å². The van der Waals surface area contributed by atoms with Crippen LogP contribution in [-0.4, -0.2) is 26.1 Å². The van der Waals surface area contributed by atoms with Crippen molar-refractivity contribution >= 4 is 8.32 Å². The summed E-state index contributed by atoms with van der Waals surface area (Å²) < 4.78 is 6.43. The van der Waals surface area contributed by atoms with Crippen LogP contribution in [-0.2, 0) is 10.8 Å². The maximum atomic E-state index is 9.25. The van der Waals surface area contributed by atoms with E-state index >= 15 is 0 Å². The van der Waals surface area contributed by atoms with E-state index in [0.717, 1.165) is 6.42 Å². The van der Waals surface area contributed by atoms with Crippen LogP contribution in [0.1, 0.15) is 32.8 Å². The van der Waals surface area contributed by atoms with Gasteiger partial charge in [0.15, 0.2) is 8.32 Å². The predicted octanol–water partition coefficient (Wildman–Crippen LogP) is 4.00. The minimum absolute atomic E-state index is 0.119. The molecule has 1 rings (SSSR count). The minimum Gasteiger partial charge on any atom is -0.414 e. The Balaban J connectivity index is 2.73. The Bertz CT molecular complexity index is 368. The molecule has 0 aromatic heterocycles. The van der Waals surface area contributed by atoms with Crippen molar-refractivity contribution in [2.24, 2.45) is 0 Å². The van der Waals surface area contributed by atoms with E-state index in [-0.39, 0.29) is 17.7 Å². The molecule has 1 unspecified atom stereocenters. The van der Waals surface area contributed by atoms with Gasteiger partial charge in [0.25, 0.3) is 0 Å². The smallest absolute Gasteiger partial charge is 0.192 e. The summed E-state index contributed by atoms with van der Waals surface area (Å²) in [5, 5.41) is 9.46. The first kappa shape index (κ1) is 16.4. The van der Waals surface area contributed by atoms with Gasteiger partial charge >= 0.3 is 0 Å². The van der Waals surface area contributed by atoms with Gasteiger partial charge in [0.2, 0.25) is 0 Å². The quantitative estimate of drug-likeness (QED) is 0.798. The molecule has 1 aromatic rings. The Morgan fingerprint density at radius 1 is 1.16 bits per heavy atom. The first-order valence-electron chi connectivity index (χ1n) is 7.09. The molecule has 1 N–H and O–H groups in total. The summed E-state index contributed by atoms with van der Waals surface area (Å²) in [6.45, 7) is 11.5. The first-order valence-corrected chi connectivity index (χ1v) is 10.00. The van der Waals surface area contributed by atoms with Gasteiger partial charge in [-0.1, -0.05) is 51.1 Å². The third-order valence-corrected chi connectivity index (χ3v) is 8.56. The van der Waals surface area contributed by atoms with Gasteiger partial charge in [-0.05, 0) is 36.5 Å². The average Bonchev–Trinajstić information content (AvgIpc) is 2.28. The van der Waals surface area contributed by atoms with Crippen molar-refractivity contribution in [1.82, 2.24) is 0 Å². The van der Waals surface area contributed by atoms with Gasteiger partial charge in [0, 0.05) is 6.61 Å². The van der Waals surface area contributed by atoms with Crippen LogP contribution in [0, 0.1) is 0 Å². The summed E-state index contributed by atoms with van der Waals surface area (Å²) in [5.41, 5.74) is 1.28. The maximum absolute atomic E-state index is 9.25. The molecule has 1 aromatic carbocycles. The molecule has 0 aliphatic rings. The highest BCUT2D eigenvalue weighted by molar-refractivity contribution is 6.74. The molecule has 0 radical (unpaired) electrons. The van der Waals surface area contributed by atoms with Crippen LogP contribution in [0.4, 0.5) is 0 Å². The van der Waals surface area contributed by atoms with Gasteiger partial charge in [-0.3, -0.25) is 0 Å². The van der Waals surface area contributed by atoms with Crippen LogP contribution in [0.2, 0.25) is 18.1 Å². The fraction of sp³-hybridized carbons (Fsp3) is 0.625. The van der Waals surface area contributed by atoms with Crippen LogP contribution in [0.3, 0.4) is 0 Å². The lowest BCUT2D eigenvalue weighted by Gasteiger charge is -2.39. The molecule has 0 bridgehead atoms. The highest BCUT2D eigenvalue weighted by atomic mass is 28.4. The molecule has 0 fully saturated rings. The lowest BCUT2D eigenvalue weighted by atomic mass is 10.1. The monoisotopic (exact) mass is 280 g/mol.